The first kappa shape index (κ1) is 45.8. The number of aromatic nitrogens is 6. The maximum atomic E-state index is 13.9. The predicted octanol–water partition coefficient (Wildman–Crippen LogP) is -0.0750. The van der Waals surface area contributed by atoms with E-state index in [0.29, 0.717) is 6.42 Å². The third kappa shape index (κ3) is 11.7. The molecule has 2 aliphatic rings. The van der Waals surface area contributed by atoms with E-state index in [1.165, 1.54) is 36.3 Å². The Bertz CT molecular complexity index is 2140. The van der Waals surface area contributed by atoms with Crippen LogP contribution in [0.1, 0.15) is 52.5 Å². The number of hydrogen-bond acceptors (Lipinski definition) is 19. The van der Waals surface area contributed by atoms with Crippen molar-refractivity contribution < 1.29 is 71.0 Å². The van der Waals surface area contributed by atoms with Gasteiger partial charge in [0.15, 0.2) is 29.8 Å². The van der Waals surface area contributed by atoms with Gasteiger partial charge in [-0.1, -0.05) is 6.08 Å². The lowest BCUT2D eigenvalue weighted by Crippen LogP contribution is -2.50. The van der Waals surface area contributed by atoms with Gasteiger partial charge < -0.3 is 55.1 Å². The van der Waals surface area contributed by atoms with Crippen molar-refractivity contribution in [2.24, 2.45) is 0 Å². The van der Waals surface area contributed by atoms with Crippen molar-refractivity contribution in [3.8, 4) is 0 Å². The molecular formula is C32H47N9O16P2. The molecule has 0 saturated carbocycles. The summed E-state index contributed by atoms with van der Waals surface area (Å²) in [5.41, 5.74) is 10.2. The summed E-state index contributed by atoms with van der Waals surface area (Å²) in [5, 5.41) is 11.7. The van der Waals surface area contributed by atoms with Crippen molar-refractivity contribution >= 4 is 50.3 Å². The molecule has 326 valence electrons. The molecule has 3 aromatic heterocycles. The Hall–Kier alpha value is -4.23. The Labute approximate surface area is 336 Å². The normalized spacial score (nSPS) is 25.1. The van der Waals surface area contributed by atoms with Crippen LogP contribution < -0.4 is 17.2 Å². The summed E-state index contributed by atoms with van der Waals surface area (Å²) < 4.78 is 66.0. The van der Waals surface area contributed by atoms with E-state index >= 15 is 0 Å². The van der Waals surface area contributed by atoms with Gasteiger partial charge >= 0.3 is 27.3 Å². The number of carbonyl (C=O) groups is 2. The number of nitrogens with zero attached hydrogens (tertiary/aromatic N) is 7. The molecule has 0 bridgehead atoms. The van der Waals surface area contributed by atoms with Crippen molar-refractivity contribution in [2.45, 2.75) is 94.7 Å². The standard InChI is InChI=1S/C32H47N9O16P2/c1-6-7-8-22(42)39(5)17(12-51-32(2,3)4)30(44)56-26-20(55-29(25(26)43)41-16-37-24-27(34)35-15-36-28(24)41)14-53-59(49,50)57-18-11-23(40-10-9-21(33)38-31(40)45)54-19(18)13-52-58(46,47)48/h6,9-10,15-20,23,25-26,29,43H,1,7-8,11-14H2,2-5H3,(H,49,50)(H2,33,38,45)(H2,34,35,36)(H2,46,47,48)/t17-,18-,19+,20+,23+,25+,26+,29+/m0/s1. The largest absolute Gasteiger partial charge is 0.472 e. The zero-order chi connectivity index (χ0) is 43.4. The van der Waals surface area contributed by atoms with Crippen LogP contribution in [0.15, 0.2) is 42.4 Å². The quantitative estimate of drug-likeness (QED) is 0.0553. The van der Waals surface area contributed by atoms with Crippen LogP contribution in [0.5, 0.6) is 0 Å². The molecule has 0 aliphatic carbocycles. The molecule has 0 radical (unpaired) electrons. The predicted molar refractivity (Wildman–Crippen MR) is 201 cm³/mol. The molecule has 8 N–H and O–H groups in total. The van der Waals surface area contributed by atoms with E-state index in [-0.39, 0.29) is 42.2 Å². The number of imidazole rings is 1. The Kier molecular flexibility index (Phi) is 14.4. The van der Waals surface area contributed by atoms with Crippen molar-refractivity contribution in [2.75, 3.05) is 38.3 Å². The van der Waals surface area contributed by atoms with Gasteiger partial charge in [0.05, 0.1) is 31.7 Å². The van der Waals surface area contributed by atoms with Crippen LogP contribution in [0.2, 0.25) is 0 Å². The van der Waals surface area contributed by atoms with Gasteiger partial charge in [0.1, 0.15) is 48.3 Å². The number of hydrogen-bond donors (Lipinski definition) is 6. The average molecular weight is 876 g/mol. The number of carbonyl (C=O) groups excluding carboxylic acids is 2. The zero-order valence-electron chi connectivity index (χ0n) is 32.3. The number of aliphatic hydroxyl groups is 1. The van der Waals surface area contributed by atoms with Crippen LogP contribution in [0.25, 0.3) is 11.2 Å². The topological polar surface area (TPSA) is 348 Å². The van der Waals surface area contributed by atoms with Crippen molar-refractivity contribution in [3.63, 3.8) is 0 Å². The number of fused-ring (bicyclic) bond motifs is 1. The lowest BCUT2D eigenvalue weighted by molar-refractivity contribution is -0.169. The highest BCUT2D eigenvalue weighted by Gasteiger charge is 2.50. The van der Waals surface area contributed by atoms with Gasteiger partial charge in [0.25, 0.3) is 0 Å². The van der Waals surface area contributed by atoms with Gasteiger partial charge in [-0.3, -0.25) is 27.5 Å². The third-order valence-electron chi connectivity index (χ3n) is 9.01. The minimum Gasteiger partial charge on any atom is -0.455 e. The summed E-state index contributed by atoms with van der Waals surface area (Å²) in [4.78, 5) is 86.0. The number of amides is 1. The zero-order valence-corrected chi connectivity index (χ0v) is 34.1. The number of anilines is 2. The lowest BCUT2D eigenvalue weighted by Gasteiger charge is -2.31. The molecule has 1 amide bonds. The summed E-state index contributed by atoms with van der Waals surface area (Å²) in [5.74, 6) is -1.56. The van der Waals surface area contributed by atoms with E-state index in [1.54, 1.807) is 20.8 Å². The van der Waals surface area contributed by atoms with E-state index in [9.17, 15) is 43.3 Å². The maximum absolute atomic E-state index is 13.9. The van der Waals surface area contributed by atoms with Gasteiger partial charge in [-0.25, -0.2) is 33.7 Å². The molecular weight excluding hydrogens is 828 g/mol. The van der Waals surface area contributed by atoms with Gasteiger partial charge in [0.2, 0.25) is 5.91 Å². The molecule has 2 aliphatic heterocycles. The average Bonchev–Trinajstić information content (AvgIpc) is 3.83. The van der Waals surface area contributed by atoms with Gasteiger partial charge in [0, 0.05) is 26.1 Å². The summed E-state index contributed by atoms with van der Waals surface area (Å²) in [6.07, 6.45) is -5.31. The molecule has 1 unspecified atom stereocenters. The van der Waals surface area contributed by atoms with E-state index < -0.39 is 101 Å². The number of nitrogen functional groups attached to an aromatic ring is 2. The van der Waals surface area contributed by atoms with Crippen LogP contribution in [-0.2, 0) is 51.2 Å². The number of ether oxygens (including phenoxy) is 4. The second kappa shape index (κ2) is 18.6. The molecule has 5 heterocycles. The molecule has 25 nitrogen and oxygen atoms in total. The number of rotatable bonds is 18. The van der Waals surface area contributed by atoms with Gasteiger partial charge in [-0.05, 0) is 33.3 Å². The number of aliphatic hydroxyl groups excluding tert-OH is 1. The number of esters is 1. The number of nitrogens with two attached hydrogens (primary N) is 2. The van der Waals surface area contributed by atoms with Crippen LogP contribution in [0.3, 0.4) is 0 Å². The molecule has 3 aromatic rings. The SMILES string of the molecule is C=CCCC(=O)N(C)[C@@H](COC(C)(C)C)C(=O)O[C@H]1[C@@H](O)[C@H](n2cnc3c(N)ncnc32)O[C@@H]1COP(=O)(O)O[C@H]1C[C@H](n2ccc(N)nc2=O)O[C@@H]1COP(=O)(O)O. The van der Waals surface area contributed by atoms with E-state index in [2.05, 4.69) is 31.0 Å². The molecule has 2 fully saturated rings. The van der Waals surface area contributed by atoms with E-state index in [0.717, 1.165) is 15.8 Å². The highest BCUT2D eigenvalue weighted by Crippen LogP contribution is 2.50. The first-order chi connectivity index (χ1) is 27.6. The smallest absolute Gasteiger partial charge is 0.455 e. The summed E-state index contributed by atoms with van der Waals surface area (Å²) in [7, 11) is -8.91. The molecule has 5 rings (SSSR count). The highest BCUT2D eigenvalue weighted by atomic mass is 31.2. The molecule has 2 saturated heterocycles. The minimum atomic E-state index is -5.22. The summed E-state index contributed by atoms with van der Waals surface area (Å²) in [6.45, 7) is 6.78. The fraction of sp³-hybridized carbons (Fsp3) is 0.594. The molecule has 0 spiro atoms. The Balaban J connectivity index is 1.39. The van der Waals surface area contributed by atoms with Crippen LogP contribution >= 0.6 is 15.6 Å². The van der Waals surface area contributed by atoms with E-state index in [1.807, 2.05) is 0 Å². The number of allylic oxidation sites excluding steroid dienone is 1. The lowest BCUT2D eigenvalue weighted by atomic mass is 10.1. The maximum Gasteiger partial charge on any atom is 0.472 e. The molecule has 27 heteroatoms. The fourth-order valence-electron chi connectivity index (χ4n) is 6.06. The Morgan fingerprint density at radius 1 is 1.10 bits per heavy atom. The van der Waals surface area contributed by atoms with Crippen LogP contribution in [-0.4, -0.2) is 135 Å². The second-order valence-corrected chi connectivity index (χ2v) is 17.1. The first-order valence-electron chi connectivity index (χ1n) is 17.9. The van der Waals surface area contributed by atoms with Crippen LogP contribution in [0.4, 0.5) is 11.6 Å². The summed E-state index contributed by atoms with van der Waals surface area (Å²) in [6, 6.07) is -0.0561. The molecule has 59 heavy (non-hydrogen) atoms. The van der Waals surface area contributed by atoms with Gasteiger partial charge in [-0.2, -0.15) is 4.98 Å². The number of phosphoric acid groups is 2. The highest BCUT2D eigenvalue weighted by molar-refractivity contribution is 7.47. The van der Waals surface area contributed by atoms with Crippen LogP contribution in [0, 0.1) is 0 Å². The molecule has 9 atom stereocenters. The number of phosphoric ester groups is 2. The third-order valence-corrected chi connectivity index (χ3v) is 10.5. The van der Waals surface area contributed by atoms with Crippen molar-refractivity contribution in [1.29, 1.82) is 0 Å². The Morgan fingerprint density at radius 2 is 1.81 bits per heavy atom. The monoisotopic (exact) mass is 875 g/mol. The Morgan fingerprint density at radius 3 is 2.47 bits per heavy atom. The number of likely N-dealkylation sites (N-methyl/N-ethyl adjacent to an activating group) is 1. The molecule has 0 aromatic carbocycles. The van der Waals surface area contributed by atoms with E-state index in [4.69, 9.17) is 39.5 Å². The van der Waals surface area contributed by atoms with Crippen molar-refractivity contribution in [1.82, 2.24) is 34.0 Å². The summed E-state index contributed by atoms with van der Waals surface area (Å²) >= 11 is 0. The first-order valence-corrected chi connectivity index (χ1v) is 20.9. The minimum absolute atomic E-state index is 0.00785. The van der Waals surface area contributed by atoms with Crippen molar-refractivity contribution in [3.05, 3.63) is 48.1 Å². The second-order valence-electron chi connectivity index (χ2n) is 14.4. The van der Waals surface area contributed by atoms with Gasteiger partial charge in [-0.15, -0.1) is 6.58 Å². The fourth-order valence-corrected chi connectivity index (χ4v) is 7.36.